The van der Waals surface area contributed by atoms with Crippen LogP contribution < -0.4 is 9.80 Å². The molecule has 2 N–H and O–H groups in total. The number of halogens is 1. The van der Waals surface area contributed by atoms with E-state index in [9.17, 15) is 5.11 Å². The molecule has 1 saturated heterocycles. The molecule has 31 heavy (non-hydrogen) atoms. The summed E-state index contributed by atoms with van der Waals surface area (Å²) in [5.41, 5.74) is 4.17. The van der Waals surface area contributed by atoms with Crippen molar-refractivity contribution in [3.63, 3.8) is 0 Å². The van der Waals surface area contributed by atoms with Gasteiger partial charge in [0.25, 0.3) is 0 Å². The van der Waals surface area contributed by atoms with Crippen LogP contribution in [0.5, 0.6) is 0 Å². The summed E-state index contributed by atoms with van der Waals surface area (Å²) in [4.78, 5) is 21.0. The van der Waals surface area contributed by atoms with Crippen LogP contribution in [0.1, 0.15) is 38.2 Å². The molecule has 0 atom stereocenters. The molecule has 0 aliphatic carbocycles. The molecule has 1 aliphatic rings. The molecule has 0 unspecified atom stereocenters. The summed E-state index contributed by atoms with van der Waals surface area (Å²) in [7, 11) is 1.94. The molecule has 8 heteroatoms. The van der Waals surface area contributed by atoms with Crippen molar-refractivity contribution in [1.82, 2.24) is 19.9 Å². The predicted octanol–water partition coefficient (Wildman–Crippen LogP) is 3.91. The van der Waals surface area contributed by atoms with E-state index in [1.165, 1.54) is 0 Å². The minimum atomic E-state index is -0.245. The van der Waals surface area contributed by atoms with Gasteiger partial charge < -0.3 is 19.9 Å². The number of fused-ring (bicyclic) bond motifs is 1. The van der Waals surface area contributed by atoms with Crippen LogP contribution in [0.4, 0.5) is 16.0 Å². The van der Waals surface area contributed by atoms with E-state index in [1.54, 1.807) is 12.4 Å². The Morgan fingerprint density at radius 2 is 2.03 bits per heavy atom. The van der Waals surface area contributed by atoms with Gasteiger partial charge in [-0.3, -0.25) is 0 Å². The number of aromatic nitrogens is 4. The summed E-state index contributed by atoms with van der Waals surface area (Å²) in [6.07, 6.45) is 5.50. The summed E-state index contributed by atoms with van der Waals surface area (Å²) in [6.45, 7) is 6.69. The lowest BCUT2D eigenvalue weighted by atomic mass is 9.98. The minimum absolute atomic E-state index is 0.218. The number of aliphatic hydroxyl groups excluding tert-OH is 1. The van der Waals surface area contributed by atoms with E-state index >= 15 is 4.39 Å². The molecule has 166 valence electrons. The topological polar surface area (TPSA) is 81.2 Å². The van der Waals surface area contributed by atoms with Gasteiger partial charge >= 0.3 is 0 Å². The summed E-state index contributed by atoms with van der Waals surface area (Å²) in [5, 5.41) is 9.41. The molecule has 7 nitrogen and oxygen atoms in total. The predicted molar refractivity (Wildman–Crippen MR) is 122 cm³/mol. The first-order valence-electron chi connectivity index (χ1n) is 11.1. The van der Waals surface area contributed by atoms with Crippen molar-refractivity contribution < 1.29 is 9.50 Å². The first-order chi connectivity index (χ1) is 15.0. The van der Waals surface area contributed by atoms with E-state index in [4.69, 9.17) is 4.98 Å². The van der Waals surface area contributed by atoms with Crippen LogP contribution >= 0.6 is 0 Å². The minimum Gasteiger partial charge on any atom is -0.396 e. The fraction of sp³-hybridized carbons (Fsp3) is 0.522. The van der Waals surface area contributed by atoms with Gasteiger partial charge in [0.2, 0.25) is 5.95 Å². The van der Waals surface area contributed by atoms with E-state index in [0.29, 0.717) is 40.0 Å². The van der Waals surface area contributed by atoms with Gasteiger partial charge in [-0.15, -0.1) is 0 Å². The second-order valence-corrected chi connectivity index (χ2v) is 8.49. The molecule has 1 fully saturated rings. The van der Waals surface area contributed by atoms with Crippen LogP contribution in [-0.4, -0.2) is 58.3 Å². The zero-order valence-electron chi connectivity index (χ0n) is 18.5. The average molecular weight is 427 g/mol. The lowest BCUT2D eigenvalue weighted by Gasteiger charge is -2.31. The summed E-state index contributed by atoms with van der Waals surface area (Å²) < 4.78 is 15.2. The number of hydrogen-bond donors (Lipinski definition) is 2. The highest BCUT2D eigenvalue weighted by Gasteiger charge is 2.23. The van der Waals surface area contributed by atoms with Crippen molar-refractivity contribution in [1.29, 1.82) is 0 Å². The molecule has 3 heterocycles. The molecule has 0 spiro atoms. The second kappa shape index (κ2) is 9.18. The van der Waals surface area contributed by atoms with Crippen LogP contribution in [0.25, 0.3) is 22.4 Å². The highest BCUT2D eigenvalue weighted by Crippen LogP contribution is 2.33. The number of anilines is 2. The first-order valence-corrected chi connectivity index (χ1v) is 11.1. The third-order valence-electron chi connectivity index (χ3n) is 6.19. The highest BCUT2D eigenvalue weighted by molar-refractivity contribution is 5.88. The Labute approximate surface area is 182 Å². The Balaban J connectivity index is 1.71. The third-order valence-corrected chi connectivity index (χ3v) is 6.19. The Kier molecular flexibility index (Phi) is 6.36. The number of hydrogen-bond acceptors (Lipinski definition) is 6. The maximum atomic E-state index is 15.2. The lowest BCUT2D eigenvalue weighted by molar-refractivity contribution is 0.202. The smallest absolute Gasteiger partial charge is 0.228 e. The second-order valence-electron chi connectivity index (χ2n) is 8.49. The average Bonchev–Trinajstić information content (AvgIpc) is 3.25. The number of piperidine rings is 1. The van der Waals surface area contributed by atoms with Gasteiger partial charge in [0.1, 0.15) is 17.0 Å². The molecule has 0 amide bonds. The highest BCUT2D eigenvalue weighted by atomic mass is 19.1. The van der Waals surface area contributed by atoms with E-state index in [2.05, 4.69) is 26.8 Å². The van der Waals surface area contributed by atoms with Gasteiger partial charge in [0, 0.05) is 38.9 Å². The number of H-pyrrole nitrogens is 1. The summed E-state index contributed by atoms with van der Waals surface area (Å²) in [5.74, 6) is 0.692. The molecule has 0 saturated carbocycles. The van der Waals surface area contributed by atoms with E-state index < -0.39 is 0 Å². The van der Waals surface area contributed by atoms with E-state index in [-0.39, 0.29) is 12.4 Å². The van der Waals surface area contributed by atoms with Crippen molar-refractivity contribution in [2.75, 3.05) is 43.1 Å². The van der Waals surface area contributed by atoms with Gasteiger partial charge in [-0.2, -0.15) is 4.98 Å². The van der Waals surface area contributed by atoms with Gasteiger partial charge in [-0.25, -0.2) is 14.4 Å². The number of imidazole rings is 1. The van der Waals surface area contributed by atoms with E-state index in [0.717, 1.165) is 50.9 Å². The fourth-order valence-corrected chi connectivity index (χ4v) is 4.35. The van der Waals surface area contributed by atoms with Crippen LogP contribution in [-0.2, 0) is 0 Å². The van der Waals surface area contributed by atoms with Crippen molar-refractivity contribution in [3.8, 4) is 11.3 Å². The van der Waals surface area contributed by atoms with E-state index in [1.807, 2.05) is 24.9 Å². The first kappa shape index (κ1) is 21.5. The number of nitrogens with one attached hydrogen (secondary N) is 1. The number of nitrogens with zero attached hydrogens (tertiary/aromatic N) is 5. The molecule has 0 radical (unpaired) electrons. The van der Waals surface area contributed by atoms with Gasteiger partial charge in [0.15, 0.2) is 5.65 Å². The Morgan fingerprint density at radius 1 is 1.26 bits per heavy atom. The van der Waals surface area contributed by atoms with Crippen molar-refractivity contribution >= 4 is 22.8 Å². The van der Waals surface area contributed by atoms with Crippen molar-refractivity contribution in [2.45, 2.75) is 39.5 Å². The standard InChI is InChI=1S/C23H31FN6O/c1-4-5-8-29(3)21-15(2)11-17(12-18(21)24)19-20-22(26-14-25-20)28-23(27-19)30-9-6-16(13-31)7-10-30/h11-12,14,16,31H,4-10,13H2,1-3H3,(H,25,26,27,28). The zero-order valence-corrected chi connectivity index (χ0v) is 18.5. The van der Waals surface area contributed by atoms with Gasteiger partial charge in [-0.1, -0.05) is 13.3 Å². The quantitative estimate of drug-likeness (QED) is 0.596. The third kappa shape index (κ3) is 4.35. The molecule has 3 aromatic rings. The van der Waals surface area contributed by atoms with Crippen LogP contribution in [0.3, 0.4) is 0 Å². The zero-order chi connectivity index (χ0) is 22.0. The monoisotopic (exact) mass is 426 g/mol. The van der Waals surface area contributed by atoms with Crippen LogP contribution in [0.2, 0.25) is 0 Å². The molecule has 4 rings (SSSR count). The molecule has 0 bridgehead atoms. The van der Waals surface area contributed by atoms with Gasteiger partial charge in [-0.05, 0) is 49.8 Å². The Morgan fingerprint density at radius 3 is 2.71 bits per heavy atom. The number of aryl methyl sites for hydroxylation is 1. The van der Waals surface area contributed by atoms with Crippen molar-refractivity contribution in [2.24, 2.45) is 5.92 Å². The maximum Gasteiger partial charge on any atom is 0.228 e. The molecule has 2 aromatic heterocycles. The molecule has 1 aromatic carbocycles. The van der Waals surface area contributed by atoms with Gasteiger partial charge in [0.05, 0.1) is 12.0 Å². The Bertz CT molecular complexity index is 1020. The Hall–Kier alpha value is -2.74. The number of benzene rings is 1. The SMILES string of the molecule is CCCCN(C)c1c(C)cc(-c2nc(N3CCC(CO)CC3)nc3nc[nH]c23)cc1F. The number of aliphatic hydroxyl groups is 1. The normalized spacial score (nSPS) is 15.1. The lowest BCUT2D eigenvalue weighted by Crippen LogP contribution is -2.35. The van der Waals surface area contributed by atoms with Crippen molar-refractivity contribution in [3.05, 3.63) is 29.8 Å². The fourth-order valence-electron chi connectivity index (χ4n) is 4.35. The largest absolute Gasteiger partial charge is 0.396 e. The van der Waals surface area contributed by atoms with Crippen LogP contribution in [0.15, 0.2) is 18.5 Å². The molecular formula is C23H31FN6O. The molecule has 1 aliphatic heterocycles. The number of aromatic amines is 1. The summed E-state index contributed by atoms with van der Waals surface area (Å²) in [6, 6.07) is 3.56. The van der Waals surface area contributed by atoms with Crippen LogP contribution in [0, 0.1) is 18.7 Å². The number of rotatable bonds is 7. The molecular weight excluding hydrogens is 395 g/mol. The maximum absolute atomic E-state index is 15.2. The summed E-state index contributed by atoms with van der Waals surface area (Å²) >= 11 is 0. The number of unbranched alkanes of at least 4 members (excludes halogenated alkanes) is 1.